The van der Waals surface area contributed by atoms with Crippen LogP contribution in [0.25, 0.3) is 0 Å². The quantitative estimate of drug-likeness (QED) is 0.798. The van der Waals surface area contributed by atoms with Crippen molar-refractivity contribution in [3.05, 3.63) is 29.8 Å². The summed E-state index contributed by atoms with van der Waals surface area (Å²) in [6.07, 6.45) is 0.319. The lowest BCUT2D eigenvalue weighted by molar-refractivity contribution is -0.114. The summed E-state index contributed by atoms with van der Waals surface area (Å²) in [5.41, 5.74) is 7.33. The predicted octanol–water partition coefficient (Wildman–Crippen LogP) is 2.00. The zero-order valence-electron chi connectivity index (χ0n) is 8.66. The van der Waals surface area contributed by atoms with Gasteiger partial charge in [-0.15, -0.1) is 0 Å². The third-order valence-corrected chi connectivity index (χ3v) is 2.08. The number of amides is 1. The summed E-state index contributed by atoms with van der Waals surface area (Å²) >= 11 is 0. The molecule has 1 aromatic carbocycles. The van der Waals surface area contributed by atoms with E-state index in [-0.39, 0.29) is 11.9 Å². The molecule has 1 aromatic rings. The van der Waals surface area contributed by atoms with Crippen molar-refractivity contribution in [2.45, 2.75) is 19.4 Å². The molecule has 0 fully saturated rings. The largest absolute Gasteiger partial charge is 0.326 e. The number of nitrogens with two attached hydrogens (primary N) is 1. The highest BCUT2D eigenvalue weighted by Crippen LogP contribution is 2.17. The number of carbonyl (C=O) groups is 1. The van der Waals surface area contributed by atoms with Gasteiger partial charge in [-0.1, -0.05) is 12.1 Å². The standard InChI is InChI=1S/C11H15FN2O/c1-8(15)14-10-4-2-9(3-5-10)11(13)6-7-12/h2-5,11H,6-7,13H2,1H3,(H,14,15)/t11-/m1/s1. The summed E-state index contributed by atoms with van der Waals surface area (Å²) in [7, 11) is 0. The van der Waals surface area contributed by atoms with Crippen LogP contribution in [0.3, 0.4) is 0 Å². The van der Waals surface area contributed by atoms with Crippen molar-refractivity contribution in [1.29, 1.82) is 0 Å². The lowest BCUT2D eigenvalue weighted by atomic mass is 10.1. The van der Waals surface area contributed by atoms with E-state index < -0.39 is 6.67 Å². The van der Waals surface area contributed by atoms with Crippen LogP contribution in [0.2, 0.25) is 0 Å². The topological polar surface area (TPSA) is 55.1 Å². The molecule has 3 nitrogen and oxygen atoms in total. The minimum atomic E-state index is -0.422. The van der Waals surface area contributed by atoms with Gasteiger partial charge in [-0.3, -0.25) is 9.18 Å². The molecule has 0 spiro atoms. The average Bonchev–Trinajstić information content (AvgIpc) is 2.18. The lowest BCUT2D eigenvalue weighted by Crippen LogP contribution is -2.11. The number of anilines is 1. The first-order valence-corrected chi connectivity index (χ1v) is 4.82. The maximum Gasteiger partial charge on any atom is 0.221 e. The molecule has 0 aromatic heterocycles. The predicted molar refractivity (Wildman–Crippen MR) is 58.3 cm³/mol. The second-order valence-corrected chi connectivity index (χ2v) is 3.39. The molecule has 0 aliphatic carbocycles. The van der Waals surface area contributed by atoms with E-state index in [1.54, 1.807) is 24.3 Å². The first kappa shape index (κ1) is 11.7. The van der Waals surface area contributed by atoms with Crippen LogP contribution in [-0.4, -0.2) is 12.6 Å². The van der Waals surface area contributed by atoms with Crippen molar-refractivity contribution in [3.63, 3.8) is 0 Å². The summed E-state index contributed by atoms with van der Waals surface area (Å²) < 4.78 is 12.0. The summed E-state index contributed by atoms with van der Waals surface area (Å²) in [5, 5.41) is 2.65. The third-order valence-electron chi connectivity index (χ3n) is 2.08. The number of rotatable bonds is 4. The van der Waals surface area contributed by atoms with E-state index in [0.717, 1.165) is 11.3 Å². The number of carbonyl (C=O) groups excluding carboxylic acids is 1. The zero-order chi connectivity index (χ0) is 11.3. The molecule has 0 heterocycles. The Labute approximate surface area is 88.5 Å². The average molecular weight is 210 g/mol. The summed E-state index contributed by atoms with van der Waals surface area (Å²) in [6, 6.07) is 6.84. The minimum absolute atomic E-state index is 0.115. The van der Waals surface area contributed by atoms with Crippen LogP contribution in [0.15, 0.2) is 24.3 Å². The van der Waals surface area contributed by atoms with Crippen LogP contribution in [-0.2, 0) is 4.79 Å². The first-order valence-electron chi connectivity index (χ1n) is 4.82. The van der Waals surface area contributed by atoms with E-state index in [1.165, 1.54) is 6.92 Å². The number of hydrogen-bond acceptors (Lipinski definition) is 2. The van der Waals surface area contributed by atoms with Crippen molar-refractivity contribution >= 4 is 11.6 Å². The molecule has 3 N–H and O–H groups in total. The highest BCUT2D eigenvalue weighted by molar-refractivity contribution is 5.88. The van der Waals surface area contributed by atoms with Crippen molar-refractivity contribution in [1.82, 2.24) is 0 Å². The maximum atomic E-state index is 12.0. The number of benzene rings is 1. The Morgan fingerprint density at radius 3 is 2.53 bits per heavy atom. The van der Waals surface area contributed by atoms with Crippen LogP contribution in [0.1, 0.15) is 24.9 Å². The Hall–Kier alpha value is -1.42. The van der Waals surface area contributed by atoms with Crippen LogP contribution in [0, 0.1) is 0 Å². The van der Waals surface area contributed by atoms with Gasteiger partial charge in [0.1, 0.15) is 0 Å². The monoisotopic (exact) mass is 210 g/mol. The second kappa shape index (κ2) is 5.46. The SMILES string of the molecule is CC(=O)Nc1ccc([C@H](N)CCF)cc1. The molecule has 15 heavy (non-hydrogen) atoms. The van der Waals surface area contributed by atoms with Gasteiger partial charge >= 0.3 is 0 Å². The molecule has 0 unspecified atom stereocenters. The van der Waals surface area contributed by atoms with Crippen LogP contribution >= 0.6 is 0 Å². The molecule has 1 rings (SSSR count). The Balaban J connectivity index is 2.67. The molecule has 0 bridgehead atoms. The second-order valence-electron chi connectivity index (χ2n) is 3.39. The summed E-state index contributed by atoms with van der Waals surface area (Å²) in [4.78, 5) is 10.7. The Kier molecular flexibility index (Phi) is 4.24. The third kappa shape index (κ3) is 3.67. The van der Waals surface area contributed by atoms with Crippen molar-refractivity contribution in [2.24, 2.45) is 5.73 Å². The minimum Gasteiger partial charge on any atom is -0.326 e. The number of nitrogens with one attached hydrogen (secondary N) is 1. The highest BCUT2D eigenvalue weighted by Gasteiger charge is 2.05. The fraction of sp³-hybridized carbons (Fsp3) is 0.364. The van der Waals surface area contributed by atoms with Gasteiger partial charge in [0.05, 0.1) is 6.67 Å². The lowest BCUT2D eigenvalue weighted by Gasteiger charge is -2.10. The first-order chi connectivity index (χ1) is 7.13. The fourth-order valence-electron chi connectivity index (χ4n) is 1.30. The van der Waals surface area contributed by atoms with E-state index in [2.05, 4.69) is 5.32 Å². The van der Waals surface area contributed by atoms with Gasteiger partial charge in [-0.25, -0.2) is 0 Å². The number of alkyl halides is 1. The van der Waals surface area contributed by atoms with E-state index in [4.69, 9.17) is 5.73 Å². The van der Waals surface area contributed by atoms with E-state index in [0.29, 0.717) is 6.42 Å². The molecule has 0 radical (unpaired) electrons. The summed E-state index contributed by atoms with van der Waals surface area (Å²) in [5.74, 6) is -0.115. The highest BCUT2D eigenvalue weighted by atomic mass is 19.1. The zero-order valence-corrected chi connectivity index (χ0v) is 8.66. The van der Waals surface area contributed by atoms with Crippen molar-refractivity contribution < 1.29 is 9.18 Å². The number of hydrogen-bond donors (Lipinski definition) is 2. The van der Waals surface area contributed by atoms with E-state index in [1.807, 2.05) is 0 Å². The van der Waals surface area contributed by atoms with Gasteiger partial charge in [-0.05, 0) is 24.1 Å². The van der Waals surface area contributed by atoms with Gasteiger partial charge in [0.15, 0.2) is 0 Å². The smallest absolute Gasteiger partial charge is 0.221 e. The molecule has 0 aliphatic rings. The Morgan fingerprint density at radius 2 is 2.07 bits per heavy atom. The molecular weight excluding hydrogens is 195 g/mol. The van der Waals surface area contributed by atoms with Gasteiger partial charge in [0, 0.05) is 18.7 Å². The van der Waals surface area contributed by atoms with Crippen LogP contribution < -0.4 is 11.1 Å². The number of halogens is 1. The van der Waals surface area contributed by atoms with Gasteiger partial charge < -0.3 is 11.1 Å². The van der Waals surface area contributed by atoms with Gasteiger partial charge in [-0.2, -0.15) is 0 Å². The molecule has 4 heteroatoms. The van der Waals surface area contributed by atoms with Crippen molar-refractivity contribution in [3.8, 4) is 0 Å². The Morgan fingerprint density at radius 1 is 1.47 bits per heavy atom. The molecule has 1 atom stereocenters. The van der Waals surface area contributed by atoms with Crippen LogP contribution in [0.5, 0.6) is 0 Å². The summed E-state index contributed by atoms with van der Waals surface area (Å²) in [6.45, 7) is 1.03. The molecule has 0 saturated heterocycles. The van der Waals surface area contributed by atoms with Gasteiger partial charge in [0.2, 0.25) is 5.91 Å². The fourth-order valence-corrected chi connectivity index (χ4v) is 1.30. The van der Waals surface area contributed by atoms with E-state index >= 15 is 0 Å². The normalized spacial score (nSPS) is 12.2. The molecule has 0 aliphatic heterocycles. The molecular formula is C11H15FN2O. The van der Waals surface area contributed by atoms with E-state index in [9.17, 15) is 9.18 Å². The maximum absolute atomic E-state index is 12.0. The van der Waals surface area contributed by atoms with Crippen molar-refractivity contribution in [2.75, 3.05) is 12.0 Å². The molecule has 0 saturated carbocycles. The van der Waals surface area contributed by atoms with Gasteiger partial charge in [0.25, 0.3) is 0 Å². The van der Waals surface area contributed by atoms with Crippen LogP contribution in [0.4, 0.5) is 10.1 Å². The molecule has 82 valence electrons. The Bertz CT molecular complexity index is 324. The molecule has 1 amide bonds.